The molecular formula is C15H26N4O. The van der Waals surface area contributed by atoms with E-state index in [1.54, 1.807) is 0 Å². The fourth-order valence-corrected chi connectivity index (χ4v) is 2.63. The van der Waals surface area contributed by atoms with Gasteiger partial charge >= 0.3 is 0 Å². The van der Waals surface area contributed by atoms with Crippen molar-refractivity contribution in [3.05, 3.63) is 11.8 Å². The van der Waals surface area contributed by atoms with Crippen LogP contribution >= 0.6 is 0 Å². The summed E-state index contributed by atoms with van der Waals surface area (Å²) in [5.74, 6) is 1.94. The van der Waals surface area contributed by atoms with Crippen LogP contribution in [0.3, 0.4) is 0 Å². The van der Waals surface area contributed by atoms with Crippen molar-refractivity contribution in [3.8, 4) is 5.88 Å². The van der Waals surface area contributed by atoms with Gasteiger partial charge in [0.2, 0.25) is 11.8 Å². The molecule has 5 nitrogen and oxygen atoms in total. The highest BCUT2D eigenvalue weighted by atomic mass is 16.5. The van der Waals surface area contributed by atoms with E-state index in [0.29, 0.717) is 17.8 Å². The maximum atomic E-state index is 6.16. The van der Waals surface area contributed by atoms with E-state index in [-0.39, 0.29) is 6.10 Å². The Kier molecular flexibility index (Phi) is 4.81. The van der Waals surface area contributed by atoms with Crippen LogP contribution in [0.4, 0.5) is 5.95 Å². The number of rotatable bonds is 4. The number of ether oxygens (including phenoxy) is 1. The lowest BCUT2D eigenvalue weighted by molar-refractivity contribution is 0.232. The zero-order valence-corrected chi connectivity index (χ0v) is 13.0. The highest BCUT2D eigenvalue weighted by molar-refractivity contribution is 5.35. The second-order valence-electron chi connectivity index (χ2n) is 5.88. The van der Waals surface area contributed by atoms with Crippen LogP contribution in [0, 0.1) is 12.8 Å². The normalized spacial score (nSPS) is 23.2. The van der Waals surface area contributed by atoms with Crippen molar-refractivity contribution in [2.75, 3.05) is 18.0 Å². The molecule has 0 aromatic carbocycles. The zero-order chi connectivity index (χ0) is 14.7. The lowest BCUT2D eigenvalue weighted by Gasteiger charge is -2.36. The first-order valence-corrected chi connectivity index (χ1v) is 7.52. The van der Waals surface area contributed by atoms with Crippen LogP contribution in [-0.2, 0) is 0 Å². The summed E-state index contributed by atoms with van der Waals surface area (Å²) in [5, 5.41) is 0. The topological polar surface area (TPSA) is 64.3 Å². The van der Waals surface area contributed by atoms with Crippen molar-refractivity contribution in [2.45, 2.75) is 52.7 Å². The number of piperidine rings is 1. The number of anilines is 1. The van der Waals surface area contributed by atoms with E-state index in [1.165, 1.54) is 0 Å². The predicted molar refractivity (Wildman–Crippen MR) is 81.1 cm³/mol. The smallest absolute Gasteiger partial charge is 0.228 e. The average Bonchev–Trinajstić information content (AvgIpc) is 2.37. The number of hydrogen-bond acceptors (Lipinski definition) is 5. The monoisotopic (exact) mass is 278 g/mol. The minimum Gasteiger partial charge on any atom is -0.475 e. The van der Waals surface area contributed by atoms with Crippen molar-refractivity contribution in [2.24, 2.45) is 11.7 Å². The van der Waals surface area contributed by atoms with E-state index in [0.717, 1.165) is 37.6 Å². The fraction of sp³-hybridized carbons (Fsp3) is 0.733. The van der Waals surface area contributed by atoms with E-state index >= 15 is 0 Å². The summed E-state index contributed by atoms with van der Waals surface area (Å²) in [6.45, 7) is 10.0. The van der Waals surface area contributed by atoms with Gasteiger partial charge in [0, 0.05) is 30.9 Å². The molecule has 5 heteroatoms. The maximum absolute atomic E-state index is 6.16. The number of hydrogen-bond donors (Lipinski definition) is 1. The second kappa shape index (κ2) is 6.39. The number of nitrogens with two attached hydrogens (primary N) is 1. The molecule has 2 unspecified atom stereocenters. The van der Waals surface area contributed by atoms with Crippen LogP contribution in [0.25, 0.3) is 0 Å². The summed E-state index contributed by atoms with van der Waals surface area (Å²) < 4.78 is 5.70. The van der Waals surface area contributed by atoms with Gasteiger partial charge in [0.25, 0.3) is 0 Å². The summed E-state index contributed by atoms with van der Waals surface area (Å²) in [5.41, 5.74) is 7.10. The van der Waals surface area contributed by atoms with Gasteiger partial charge in [-0.05, 0) is 33.1 Å². The summed E-state index contributed by atoms with van der Waals surface area (Å²) in [7, 11) is 0. The Hall–Kier alpha value is -1.36. The van der Waals surface area contributed by atoms with Crippen molar-refractivity contribution < 1.29 is 4.74 Å². The third kappa shape index (κ3) is 3.60. The van der Waals surface area contributed by atoms with Crippen LogP contribution in [0.15, 0.2) is 6.07 Å². The molecule has 2 atom stereocenters. The summed E-state index contributed by atoms with van der Waals surface area (Å²) in [6.07, 6.45) is 2.21. The number of aromatic nitrogens is 2. The van der Waals surface area contributed by atoms with Crippen LogP contribution in [-0.4, -0.2) is 35.2 Å². The first kappa shape index (κ1) is 15.0. The third-order valence-electron chi connectivity index (χ3n) is 3.78. The van der Waals surface area contributed by atoms with Crippen LogP contribution in [0.5, 0.6) is 5.88 Å². The molecular weight excluding hydrogens is 252 g/mol. The van der Waals surface area contributed by atoms with E-state index in [2.05, 4.69) is 21.8 Å². The van der Waals surface area contributed by atoms with Gasteiger partial charge in [-0.1, -0.05) is 13.3 Å². The van der Waals surface area contributed by atoms with Gasteiger partial charge in [-0.3, -0.25) is 0 Å². The third-order valence-corrected chi connectivity index (χ3v) is 3.78. The van der Waals surface area contributed by atoms with Gasteiger partial charge in [0.1, 0.15) is 0 Å². The molecule has 2 rings (SSSR count). The molecule has 20 heavy (non-hydrogen) atoms. The Morgan fingerprint density at radius 1 is 1.45 bits per heavy atom. The van der Waals surface area contributed by atoms with E-state index in [4.69, 9.17) is 10.5 Å². The zero-order valence-electron chi connectivity index (χ0n) is 13.0. The molecule has 0 saturated carbocycles. The lowest BCUT2D eigenvalue weighted by atomic mass is 9.91. The first-order chi connectivity index (χ1) is 9.49. The average molecular weight is 278 g/mol. The Bertz CT molecular complexity index is 449. The molecule has 2 N–H and O–H groups in total. The molecule has 2 heterocycles. The van der Waals surface area contributed by atoms with Gasteiger partial charge < -0.3 is 15.4 Å². The van der Waals surface area contributed by atoms with Crippen molar-refractivity contribution in [1.29, 1.82) is 0 Å². The summed E-state index contributed by atoms with van der Waals surface area (Å²) in [4.78, 5) is 11.3. The fourth-order valence-electron chi connectivity index (χ4n) is 2.63. The van der Waals surface area contributed by atoms with Crippen LogP contribution in [0.2, 0.25) is 0 Å². The van der Waals surface area contributed by atoms with Crippen LogP contribution in [0.1, 0.15) is 39.3 Å². The largest absolute Gasteiger partial charge is 0.475 e. The van der Waals surface area contributed by atoms with E-state index < -0.39 is 0 Å². The molecule has 0 bridgehead atoms. The molecule has 1 aliphatic heterocycles. The van der Waals surface area contributed by atoms with Crippen molar-refractivity contribution in [1.82, 2.24) is 9.97 Å². The molecule has 0 amide bonds. The Morgan fingerprint density at radius 3 is 2.85 bits per heavy atom. The van der Waals surface area contributed by atoms with E-state index in [1.807, 2.05) is 26.8 Å². The molecule has 1 fully saturated rings. The minimum atomic E-state index is 0.121. The SMILES string of the molecule is CCC1CN(c2nc(C)cc(OC(C)C)n2)CCC1N. The molecule has 1 saturated heterocycles. The Balaban J connectivity index is 2.17. The second-order valence-corrected chi connectivity index (χ2v) is 5.88. The molecule has 0 aliphatic carbocycles. The molecule has 1 aromatic rings. The molecule has 0 spiro atoms. The van der Waals surface area contributed by atoms with E-state index in [9.17, 15) is 0 Å². The quantitative estimate of drug-likeness (QED) is 0.914. The highest BCUT2D eigenvalue weighted by Gasteiger charge is 2.27. The lowest BCUT2D eigenvalue weighted by Crippen LogP contribution is -2.47. The highest BCUT2D eigenvalue weighted by Crippen LogP contribution is 2.24. The van der Waals surface area contributed by atoms with Gasteiger partial charge in [-0.2, -0.15) is 4.98 Å². The first-order valence-electron chi connectivity index (χ1n) is 7.52. The molecule has 0 radical (unpaired) electrons. The summed E-state index contributed by atoms with van der Waals surface area (Å²) >= 11 is 0. The van der Waals surface area contributed by atoms with Crippen molar-refractivity contribution in [3.63, 3.8) is 0 Å². The van der Waals surface area contributed by atoms with Gasteiger partial charge in [0.15, 0.2) is 0 Å². The molecule has 1 aromatic heterocycles. The molecule has 112 valence electrons. The van der Waals surface area contributed by atoms with Crippen molar-refractivity contribution >= 4 is 5.95 Å². The van der Waals surface area contributed by atoms with Gasteiger partial charge in [-0.25, -0.2) is 4.98 Å². The van der Waals surface area contributed by atoms with Gasteiger partial charge in [-0.15, -0.1) is 0 Å². The number of aryl methyl sites for hydroxylation is 1. The molecule has 1 aliphatic rings. The summed E-state index contributed by atoms with van der Waals surface area (Å²) in [6, 6.07) is 2.18. The standard InChI is InChI=1S/C15H26N4O/c1-5-12-9-19(7-6-13(12)16)15-17-11(4)8-14(18-15)20-10(2)3/h8,10,12-13H,5-7,9,16H2,1-4H3. The van der Waals surface area contributed by atoms with Crippen LogP contribution < -0.4 is 15.4 Å². The predicted octanol–water partition coefficient (Wildman–Crippen LogP) is 2.14. The Morgan fingerprint density at radius 2 is 2.20 bits per heavy atom. The Labute approximate surface area is 121 Å². The van der Waals surface area contributed by atoms with Gasteiger partial charge in [0.05, 0.1) is 6.10 Å². The minimum absolute atomic E-state index is 0.121. The maximum Gasteiger partial charge on any atom is 0.228 e. The number of nitrogens with zero attached hydrogens (tertiary/aromatic N) is 3.